The van der Waals surface area contributed by atoms with E-state index in [2.05, 4.69) is 10.1 Å². The molecule has 0 bridgehead atoms. The van der Waals surface area contributed by atoms with Crippen molar-refractivity contribution in [3.05, 3.63) is 0 Å². The summed E-state index contributed by atoms with van der Waals surface area (Å²) in [4.78, 5) is 11.4. The summed E-state index contributed by atoms with van der Waals surface area (Å²) in [7, 11) is -1.87. The van der Waals surface area contributed by atoms with E-state index in [1.54, 1.807) is 0 Å². The second kappa shape index (κ2) is 4.33. The highest BCUT2D eigenvalue weighted by atomic mass is 32.2. The van der Waals surface area contributed by atoms with Crippen LogP contribution in [0.15, 0.2) is 0 Å². The number of methoxy groups -OCH3 is 1. The van der Waals surface area contributed by atoms with E-state index in [1.807, 2.05) is 0 Å². The van der Waals surface area contributed by atoms with E-state index in [0.717, 1.165) is 19.3 Å². The van der Waals surface area contributed by atoms with Gasteiger partial charge >= 0.3 is 5.97 Å². The monoisotopic (exact) mass is 247 g/mol. The highest BCUT2D eigenvalue weighted by molar-refractivity contribution is 7.92. The minimum Gasteiger partial charge on any atom is -0.468 e. The van der Waals surface area contributed by atoms with Gasteiger partial charge in [0, 0.05) is 6.04 Å². The van der Waals surface area contributed by atoms with Crippen LogP contribution in [0, 0.1) is 0 Å². The number of fused-ring (bicyclic) bond motifs is 1. The molecule has 1 aliphatic heterocycles. The van der Waals surface area contributed by atoms with Gasteiger partial charge in [-0.15, -0.1) is 0 Å². The molecule has 0 aromatic heterocycles. The standard InChI is InChI=1S/C10H17NO4S/c1-15-10(12)8-6-16(13,14)9-5-3-2-4-7(9)11-8/h7-9,11H,2-6H2,1H3. The molecule has 2 fully saturated rings. The SMILES string of the molecule is COC(=O)C1CS(=O)(=O)C2CCCCC2N1. The molecule has 2 rings (SSSR count). The first-order valence-corrected chi connectivity index (χ1v) is 7.31. The molecule has 0 spiro atoms. The van der Waals surface area contributed by atoms with Crippen molar-refractivity contribution in [3.8, 4) is 0 Å². The lowest BCUT2D eigenvalue weighted by molar-refractivity contribution is -0.142. The normalized spacial score (nSPS) is 37.4. The minimum absolute atomic E-state index is 0.0726. The third-order valence-electron chi connectivity index (χ3n) is 3.46. The molecule has 0 amide bonds. The van der Waals surface area contributed by atoms with Crippen molar-refractivity contribution in [1.29, 1.82) is 0 Å². The van der Waals surface area contributed by atoms with Crippen LogP contribution in [0.2, 0.25) is 0 Å². The first-order chi connectivity index (χ1) is 7.54. The Labute approximate surface area is 95.5 Å². The largest absolute Gasteiger partial charge is 0.468 e. The number of ether oxygens (including phenoxy) is 1. The number of carbonyl (C=O) groups excluding carboxylic acids is 1. The first kappa shape index (κ1) is 11.9. The fraction of sp³-hybridized carbons (Fsp3) is 0.900. The van der Waals surface area contributed by atoms with Crippen molar-refractivity contribution in [3.63, 3.8) is 0 Å². The maximum Gasteiger partial charge on any atom is 0.323 e. The Kier molecular flexibility index (Phi) is 3.21. The summed E-state index contributed by atoms with van der Waals surface area (Å²) in [5, 5.41) is 2.80. The molecule has 0 aromatic carbocycles. The third kappa shape index (κ3) is 2.08. The van der Waals surface area contributed by atoms with Crippen molar-refractivity contribution in [2.45, 2.75) is 43.0 Å². The van der Waals surface area contributed by atoms with Crippen molar-refractivity contribution < 1.29 is 17.9 Å². The summed E-state index contributed by atoms with van der Waals surface area (Å²) >= 11 is 0. The summed E-state index contributed by atoms with van der Waals surface area (Å²) in [5.41, 5.74) is 0. The van der Waals surface area contributed by atoms with Crippen molar-refractivity contribution >= 4 is 15.8 Å². The molecule has 2 aliphatic rings. The van der Waals surface area contributed by atoms with Gasteiger partial charge in [0.25, 0.3) is 0 Å². The second-order valence-electron chi connectivity index (χ2n) is 4.50. The predicted octanol–water partition coefficient (Wildman–Crippen LogP) is -0.143. The van der Waals surface area contributed by atoms with E-state index in [9.17, 15) is 13.2 Å². The van der Waals surface area contributed by atoms with Gasteiger partial charge in [-0.3, -0.25) is 10.1 Å². The number of esters is 1. The number of hydrogen-bond acceptors (Lipinski definition) is 5. The highest BCUT2D eigenvalue weighted by Gasteiger charge is 2.44. The molecule has 6 heteroatoms. The Morgan fingerprint density at radius 1 is 1.31 bits per heavy atom. The zero-order valence-electron chi connectivity index (χ0n) is 9.31. The van der Waals surface area contributed by atoms with E-state index < -0.39 is 21.8 Å². The van der Waals surface area contributed by atoms with Gasteiger partial charge in [0.1, 0.15) is 6.04 Å². The minimum atomic E-state index is -3.15. The van der Waals surface area contributed by atoms with Crippen molar-refractivity contribution in [2.75, 3.05) is 12.9 Å². The van der Waals surface area contributed by atoms with Gasteiger partial charge in [-0.1, -0.05) is 12.8 Å². The third-order valence-corrected chi connectivity index (χ3v) is 5.75. The van der Waals surface area contributed by atoms with Gasteiger partial charge in [-0.05, 0) is 12.8 Å². The number of sulfone groups is 1. The molecule has 3 unspecified atom stereocenters. The molecule has 1 saturated heterocycles. The second-order valence-corrected chi connectivity index (χ2v) is 6.77. The summed E-state index contributed by atoms with van der Waals surface area (Å²) in [6.45, 7) is 0. The molecule has 0 aromatic rings. The summed E-state index contributed by atoms with van der Waals surface area (Å²) in [6.07, 6.45) is 3.54. The molecule has 1 saturated carbocycles. The van der Waals surface area contributed by atoms with Gasteiger partial charge < -0.3 is 4.74 Å². The highest BCUT2D eigenvalue weighted by Crippen LogP contribution is 2.28. The molecular weight excluding hydrogens is 230 g/mol. The first-order valence-electron chi connectivity index (χ1n) is 5.60. The molecule has 0 radical (unpaired) electrons. The Morgan fingerprint density at radius 3 is 2.69 bits per heavy atom. The fourth-order valence-electron chi connectivity index (χ4n) is 2.66. The Hall–Kier alpha value is -0.620. The average molecular weight is 247 g/mol. The van der Waals surface area contributed by atoms with E-state index in [-0.39, 0.29) is 17.0 Å². The van der Waals surface area contributed by atoms with Gasteiger partial charge in [0.2, 0.25) is 0 Å². The van der Waals surface area contributed by atoms with E-state index in [4.69, 9.17) is 0 Å². The van der Waals surface area contributed by atoms with Crippen molar-refractivity contribution in [2.24, 2.45) is 0 Å². The van der Waals surface area contributed by atoms with Crippen LogP contribution in [-0.2, 0) is 19.4 Å². The van der Waals surface area contributed by atoms with E-state index in [1.165, 1.54) is 7.11 Å². The number of hydrogen-bond donors (Lipinski definition) is 1. The lowest BCUT2D eigenvalue weighted by Gasteiger charge is -2.38. The van der Waals surface area contributed by atoms with Crippen LogP contribution < -0.4 is 5.32 Å². The Morgan fingerprint density at radius 2 is 2.00 bits per heavy atom. The molecule has 1 heterocycles. The maximum absolute atomic E-state index is 12.0. The molecule has 1 aliphatic carbocycles. The molecule has 1 N–H and O–H groups in total. The lowest BCUT2D eigenvalue weighted by Crippen LogP contribution is -2.61. The smallest absolute Gasteiger partial charge is 0.323 e. The van der Waals surface area contributed by atoms with E-state index >= 15 is 0 Å². The molecule has 3 atom stereocenters. The average Bonchev–Trinajstić information content (AvgIpc) is 2.27. The lowest BCUT2D eigenvalue weighted by atomic mass is 9.94. The Bertz CT molecular complexity index is 378. The number of nitrogens with one attached hydrogen (secondary N) is 1. The molecular formula is C10H17NO4S. The van der Waals surface area contributed by atoms with Crippen LogP contribution in [0.1, 0.15) is 25.7 Å². The number of rotatable bonds is 1. The quantitative estimate of drug-likeness (QED) is 0.653. The Balaban J connectivity index is 2.19. The van der Waals surface area contributed by atoms with Gasteiger partial charge in [-0.25, -0.2) is 8.42 Å². The van der Waals surface area contributed by atoms with Crippen molar-refractivity contribution in [1.82, 2.24) is 5.32 Å². The predicted molar refractivity (Wildman–Crippen MR) is 58.8 cm³/mol. The molecule has 16 heavy (non-hydrogen) atoms. The maximum atomic E-state index is 12.0. The van der Waals surface area contributed by atoms with Gasteiger partial charge in [-0.2, -0.15) is 0 Å². The summed E-state index contributed by atoms with van der Waals surface area (Å²) < 4.78 is 28.6. The zero-order valence-corrected chi connectivity index (χ0v) is 10.1. The van der Waals surface area contributed by atoms with Crippen LogP contribution in [-0.4, -0.2) is 44.6 Å². The fourth-order valence-corrected chi connectivity index (χ4v) is 4.84. The van der Waals surface area contributed by atoms with Crippen LogP contribution in [0.3, 0.4) is 0 Å². The molecule has 5 nitrogen and oxygen atoms in total. The van der Waals surface area contributed by atoms with E-state index in [0.29, 0.717) is 6.42 Å². The summed E-state index contributed by atoms with van der Waals surface area (Å²) in [6, 6.07) is -0.758. The van der Waals surface area contributed by atoms with Crippen LogP contribution >= 0.6 is 0 Å². The zero-order chi connectivity index (χ0) is 11.8. The van der Waals surface area contributed by atoms with Crippen LogP contribution in [0.4, 0.5) is 0 Å². The molecule has 92 valence electrons. The number of carbonyl (C=O) groups is 1. The van der Waals surface area contributed by atoms with Crippen LogP contribution in [0.25, 0.3) is 0 Å². The summed E-state index contributed by atoms with van der Waals surface area (Å²) in [5.74, 6) is -0.603. The van der Waals surface area contributed by atoms with Gasteiger partial charge in [0.15, 0.2) is 9.84 Å². The topological polar surface area (TPSA) is 72.5 Å². The van der Waals surface area contributed by atoms with Crippen LogP contribution in [0.5, 0.6) is 0 Å². The van der Waals surface area contributed by atoms with Gasteiger partial charge in [0.05, 0.1) is 18.1 Å².